The second-order valence-electron chi connectivity index (χ2n) is 3.71. The molecule has 1 unspecified atom stereocenters. The predicted octanol–water partition coefficient (Wildman–Crippen LogP) is 1.39. The van der Waals surface area contributed by atoms with Gasteiger partial charge in [0.25, 0.3) is 5.91 Å². The normalized spacial score (nSPS) is 12.0. The van der Waals surface area contributed by atoms with Gasteiger partial charge in [-0.3, -0.25) is 4.79 Å². The Balaban J connectivity index is 2.80. The Bertz CT molecular complexity index is 350. The van der Waals surface area contributed by atoms with Gasteiger partial charge in [0.2, 0.25) is 0 Å². The van der Waals surface area contributed by atoms with E-state index in [1.54, 1.807) is 25.2 Å². The van der Waals surface area contributed by atoms with E-state index in [1.165, 1.54) is 6.20 Å². The van der Waals surface area contributed by atoms with E-state index in [-0.39, 0.29) is 11.9 Å². The van der Waals surface area contributed by atoms with Gasteiger partial charge in [0.1, 0.15) is 11.5 Å². The summed E-state index contributed by atoms with van der Waals surface area (Å²) in [4.78, 5) is 21.8. The van der Waals surface area contributed by atoms with Gasteiger partial charge < -0.3 is 10.2 Å². The highest BCUT2D eigenvalue weighted by Crippen LogP contribution is 2.07. The second-order valence-corrected chi connectivity index (χ2v) is 3.71. The van der Waals surface area contributed by atoms with E-state index < -0.39 is 0 Å². The van der Waals surface area contributed by atoms with Crippen molar-refractivity contribution in [3.05, 3.63) is 18.1 Å². The van der Waals surface area contributed by atoms with E-state index in [9.17, 15) is 4.79 Å². The number of rotatable bonds is 4. The quantitative estimate of drug-likeness (QED) is 0.836. The van der Waals surface area contributed by atoms with Crippen LogP contribution >= 0.6 is 0 Å². The smallest absolute Gasteiger partial charge is 0.274 e. The number of carbonyl (C=O) groups is 1. The molecule has 1 heterocycles. The van der Waals surface area contributed by atoms with Crippen molar-refractivity contribution in [2.45, 2.75) is 26.3 Å². The standard InChI is InChI=1S/C11H18N4O/c1-5-8(2)15(4)11(16)9-6-14-10(12-3)7-13-9/h6-8H,5H2,1-4H3,(H,12,14). The minimum Gasteiger partial charge on any atom is -0.372 e. The molecule has 0 aliphatic rings. The minimum absolute atomic E-state index is 0.0931. The first-order valence-electron chi connectivity index (χ1n) is 5.37. The molecule has 0 aromatic carbocycles. The summed E-state index contributed by atoms with van der Waals surface area (Å²) in [6, 6.07) is 0.207. The van der Waals surface area contributed by atoms with Gasteiger partial charge in [0, 0.05) is 20.1 Å². The van der Waals surface area contributed by atoms with Crippen molar-refractivity contribution in [2.24, 2.45) is 0 Å². The molecule has 0 spiro atoms. The molecule has 1 N–H and O–H groups in total. The third kappa shape index (κ3) is 2.68. The van der Waals surface area contributed by atoms with Crippen molar-refractivity contribution in [1.82, 2.24) is 14.9 Å². The highest BCUT2D eigenvalue weighted by atomic mass is 16.2. The fourth-order valence-corrected chi connectivity index (χ4v) is 1.22. The predicted molar refractivity (Wildman–Crippen MR) is 63.4 cm³/mol. The summed E-state index contributed by atoms with van der Waals surface area (Å²) in [5.41, 5.74) is 0.377. The fourth-order valence-electron chi connectivity index (χ4n) is 1.22. The van der Waals surface area contributed by atoms with E-state index in [2.05, 4.69) is 15.3 Å². The summed E-state index contributed by atoms with van der Waals surface area (Å²) in [6.45, 7) is 4.05. The van der Waals surface area contributed by atoms with Gasteiger partial charge in [-0.2, -0.15) is 0 Å². The lowest BCUT2D eigenvalue weighted by Crippen LogP contribution is -2.35. The average Bonchev–Trinajstić information content (AvgIpc) is 2.36. The number of hydrogen-bond donors (Lipinski definition) is 1. The van der Waals surface area contributed by atoms with Gasteiger partial charge in [-0.05, 0) is 13.3 Å². The molecule has 88 valence electrons. The van der Waals surface area contributed by atoms with E-state index in [0.29, 0.717) is 11.5 Å². The number of amides is 1. The van der Waals surface area contributed by atoms with Crippen LogP contribution in [0, 0.1) is 0 Å². The number of nitrogens with zero attached hydrogens (tertiary/aromatic N) is 3. The second kappa shape index (κ2) is 5.44. The van der Waals surface area contributed by atoms with E-state index in [4.69, 9.17) is 0 Å². The maximum atomic E-state index is 11.9. The Kier molecular flexibility index (Phi) is 4.22. The molecule has 0 saturated carbocycles. The Morgan fingerprint density at radius 3 is 2.62 bits per heavy atom. The summed E-state index contributed by atoms with van der Waals surface area (Å²) in [7, 11) is 3.54. The van der Waals surface area contributed by atoms with E-state index in [0.717, 1.165) is 6.42 Å². The largest absolute Gasteiger partial charge is 0.372 e. The minimum atomic E-state index is -0.0931. The Hall–Kier alpha value is -1.65. The Morgan fingerprint density at radius 1 is 1.50 bits per heavy atom. The lowest BCUT2D eigenvalue weighted by Gasteiger charge is -2.23. The lowest BCUT2D eigenvalue weighted by molar-refractivity contribution is 0.0734. The number of carbonyl (C=O) groups excluding carboxylic acids is 1. The molecular weight excluding hydrogens is 204 g/mol. The molecule has 0 aliphatic carbocycles. The van der Waals surface area contributed by atoms with Crippen LogP contribution in [-0.2, 0) is 0 Å². The molecule has 0 saturated heterocycles. The van der Waals surface area contributed by atoms with Crippen molar-refractivity contribution < 1.29 is 4.79 Å². The van der Waals surface area contributed by atoms with Crippen LogP contribution in [0.4, 0.5) is 5.82 Å². The molecule has 5 heteroatoms. The fraction of sp³-hybridized carbons (Fsp3) is 0.545. The Morgan fingerprint density at radius 2 is 2.19 bits per heavy atom. The van der Waals surface area contributed by atoms with Crippen molar-refractivity contribution in [3.63, 3.8) is 0 Å². The molecule has 1 aromatic rings. The number of nitrogens with one attached hydrogen (secondary N) is 1. The number of anilines is 1. The highest BCUT2D eigenvalue weighted by molar-refractivity contribution is 5.92. The summed E-state index contributed by atoms with van der Waals surface area (Å²) in [6.07, 6.45) is 3.97. The van der Waals surface area contributed by atoms with Crippen molar-refractivity contribution >= 4 is 11.7 Å². The molecule has 1 atom stereocenters. The summed E-state index contributed by atoms with van der Waals surface area (Å²) >= 11 is 0. The van der Waals surface area contributed by atoms with Crippen LogP contribution in [0.2, 0.25) is 0 Å². The molecule has 1 rings (SSSR count). The monoisotopic (exact) mass is 222 g/mol. The first-order valence-corrected chi connectivity index (χ1v) is 5.37. The Labute approximate surface area is 95.9 Å². The molecule has 0 bridgehead atoms. The zero-order valence-corrected chi connectivity index (χ0v) is 10.2. The first-order chi connectivity index (χ1) is 7.60. The molecule has 0 aliphatic heterocycles. The summed E-state index contributed by atoms with van der Waals surface area (Å²) in [5.74, 6) is 0.562. The van der Waals surface area contributed by atoms with Gasteiger partial charge in [0.05, 0.1) is 12.4 Å². The number of hydrogen-bond acceptors (Lipinski definition) is 4. The van der Waals surface area contributed by atoms with Gasteiger partial charge in [-0.1, -0.05) is 6.92 Å². The maximum Gasteiger partial charge on any atom is 0.274 e. The average molecular weight is 222 g/mol. The number of aromatic nitrogens is 2. The van der Waals surface area contributed by atoms with Gasteiger partial charge in [-0.25, -0.2) is 9.97 Å². The molecule has 5 nitrogen and oxygen atoms in total. The molecule has 1 aromatic heterocycles. The van der Waals surface area contributed by atoms with Crippen LogP contribution in [0.15, 0.2) is 12.4 Å². The summed E-state index contributed by atoms with van der Waals surface area (Å²) < 4.78 is 0. The third-order valence-electron chi connectivity index (χ3n) is 2.70. The van der Waals surface area contributed by atoms with Crippen LogP contribution in [0.1, 0.15) is 30.8 Å². The molecule has 16 heavy (non-hydrogen) atoms. The third-order valence-corrected chi connectivity index (χ3v) is 2.70. The SMILES string of the molecule is CCC(C)N(C)C(=O)c1cnc(NC)cn1. The van der Waals surface area contributed by atoms with Gasteiger partial charge in [0.15, 0.2) is 0 Å². The van der Waals surface area contributed by atoms with Crippen LogP contribution in [0.5, 0.6) is 0 Å². The van der Waals surface area contributed by atoms with Crippen molar-refractivity contribution in [3.8, 4) is 0 Å². The molecule has 0 fully saturated rings. The summed E-state index contributed by atoms with van der Waals surface area (Å²) in [5, 5.41) is 2.86. The zero-order chi connectivity index (χ0) is 12.1. The van der Waals surface area contributed by atoms with Gasteiger partial charge >= 0.3 is 0 Å². The highest BCUT2D eigenvalue weighted by Gasteiger charge is 2.17. The lowest BCUT2D eigenvalue weighted by atomic mass is 10.2. The zero-order valence-electron chi connectivity index (χ0n) is 10.2. The molecular formula is C11H18N4O. The van der Waals surface area contributed by atoms with Gasteiger partial charge in [-0.15, -0.1) is 0 Å². The maximum absolute atomic E-state index is 11.9. The van der Waals surface area contributed by atoms with E-state index >= 15 is 0 Å². The van der Waals surface area contributed by atoms with Crippen LogP contribution in [-0.4, -0.2) is 40.9 Å². The first kappa shape index (κ1) is 12.4. The van der Waals surface area contributed by atoms with Crippen molar-refractivity contribution in [2.75, 3.05) is 19.4 Å². The molecule has 0 radical (unpaired) electrons. The van der Waals surface area contributed by atoms with Crippen LogP contribution in [0.25, 0.3) is 0 Å². The molecule has 1 amide bonds. The van der Waals surface area contributed by atoms with Crippen molar-refractivity contribution in [1.29, 1.82) is 0 Å². The topological polar surface area (TPSA) is 58.1 Å². The van der Waals surface area contributed by atoms with E-state index in [1.807, 2.05) is 13.8 Å². The van der Waals surface area contributed by atoms with Crippen LogP contribution in [0.3, 0.4) is 0 Å². The van der Waals surface area contributed by atoms with Crippen LogP contribution < -0.4 is 5.32 Å².